The molecule has 0 aliphatic heterocycles. The predicted octanol–water partition coefficient (Wildman–Crippen LogP) is 2.89. The third kappa shape index (κ3) is 3.46. The SMILES string of the molecule is COc1cc(C(C)[C@H](N)C(=O)O)cc(OC)c1-c1ccccc1. The minimum Gasteiger partial charge on any atom is -0.496 e. The van der Waals surface area contributed by atoms with Crippen LogP contribution in [0.1, 0.15) is 18.4 Å². The van der Waals surface area contributed by atoms with Crippen molar-refractivity contribution in [2.75, 3.05) is 14.2 Å². The van der Waals surface area contributed by atoms with Crippen molar-refractivity contribution in [3.8, 4) is 22.6 Å². The van der Waals surface area contributed by atoms with Crippen LogP contribution in [0.15, 0.2) is 42.5 Å². The summed E-state index contributed by atoms with van der Waals surface area (Å²) in [7, 11) is 3.15. The Hall–Kier alpha value is -2.53. The van der Waals surface area contributed by atoms with E-state index in [1.54, 1.807) is 21.1 Å². The zero-order valence-corrected chi connectivity index (χ0v) is 13.4. The van der Waals surface area contributed by atoms with E-state index in [2.05, 4.69) is 0 Å². The van der Waals surface area contributed by atoms with Gasteiger partial charge in [-0.05, 0) is 23.3 Å². The average molecular weight is 315 g/mol. The van der Waals surface area contributed by atoms with E-state index in [-0.39, 0.29) is 5.92 Å². The lowest BCUT2D eigenvalue weighted by molar-refractivity contribution is -0.139. The van der Waals surface area contributed by atoms with E-state index in [1.807, 2.05) is 42.5 Å². The molecule has 3 N–H and O–H groups in total. The van der Waals surface area contributed by atoms with Gasteiger partial charge >= 0.3 is 5.97 Å². The van der Waals surface area contributed by atoms with Crippen molar-refractivity contribution in [3.05, 3.63) is 48.0 Å². The molecule has 0 aromatic heterocycles. The first-order valence-electron chi connectivity index (χ1n) is 7.29. The summed E-state index contributed by atoms with van der Waals surface area (Å²) in [5.41, 5.74) is 8.29. The molecular weight excluding hydrogens is 294 g/mol. The molecule has 0 fully saturated rings. The summed E-state index contributed by atoms with van der Waals surface area (Å²) in [4.78, 5) is 11.1. The fraction of sp³-hybridized carbons (Fsp3) is 0.278. The van der Waals surface area contributed by atoms with Gasteiger partial charge in [0, 0.05) is 5.92 Å². The lowest BCUT2D eigenvalue weighted by Crippen LogP contribution is -2.35. The van der Waals surface area contributed by atoms with Crippen LogP contribution in [0.3, 0.4) is 0 Å². The van der Waals surface area contributed by atoms with Gasteiger partial charge in [0.2, 0.25) is 0 Å². The highest BCUT2D eigenvalue weighted by Gasteiger charge is 2.24. The van der Waals surface area contributed by atoms with E-state index in [4.69, 9.17) is 20.3 Å². The smallest absolute Gasteiger partial charge is 0.321 e. The quantitative estimate of drug-likeness (QED) is 0.856. The van der Waals surface area contributed by atoms with Crippen LogP contribution >= 0.6 is 0 Å². The number of aliphatic carboxylic acids is 1. The Bertz CT molecular complexity index is 660. The van der Waals surface area contributed by atoms with Gasteiger partial charge in [-0.1, -0.05) is 37.3 Å². The van der Waals surface area contributed by atoms with E-state index in [1.165, 1.54) is 0 Å². The van der Waals surface area contributed by atoms with Gasteiger partial charge in [0.15, 0.2) is 0 Å². The summed E-state index contributed by atoms with van der Waals surface area (Å²) in [5.74, 6) is -0.173. The molecule has 122 valence electrons. The van der Waals surface area contributed by atoms with Crippen LogP contribution in [0.5, 0.6) is 11.5 Å². The highest BCUT2D eigenvalue weighted by Crippen LogP contribution is 2.41. The molecule has 0 spiro atoms. The molecule has 0 radical (unpaired) electrons. The van der Waals surface area contributed by atoms with Crippen molar-refractivity contribution >= 4 is 5.97 Å². The van der Waals surface area contributed by atoms with Gasteiger partial charge in [0.1, 0.15) is 17.5 Å². The van der Waals surface area contributed by atoms with Crippen molar-refractivity contribution in [2.24, 2.45) is 5.73 Å². The minimum absolute atomic E-state index is 0.375. The maximum absolute atomic E-state index is 11.1. The maximum atomic E-state index is 11.1. The molecule has 0 aliphatic carbocycles. The summed E-state index contributed by atoms with van der Waals surface area (Å²) in [5, 5.41) is 9.11. The molecule has 5 nitrogen and oxygen atoms in total. The average Bonchev–Trinajstić information content (AvgIpc) is 2.59. The van der Waals surface area contributed by atoms with Crippen molar-refractivity contribution in [3.63, 3.8) is 0 Å². The molecule has 0 aliphatic rings. The van der Waals surface area contributed by atoms with Crippen molar-refractivity contribution in [2.45, 2.75) is 18.9 Å². The van der Waals surface area contributed by atoms with E-state index < -0.39 is 12.0 Å². The Balaban J connectivity index is 2.57. The number of ether oxygens (including phenoxy) is 2. The lowest BCUT2D eigenvalue weighted by atomic mass is 9.91. The maximum Gasteiger partial charge on any atom is 0.321 e. The second-order valence-electron chi connectivity index (χ2n) is 5.32. The van der Waals surface area contributed by atoms with E-state index >= 15 is 0 Å². The summed E-state index contributed by atoms with van der Waals surface area (Å²) in [6.07, 6.45) is 0. The van der Waals surface area contributed by atoms with Crippen molar-refractivity contribution in [1.82, 2.24) is 0 Å². The molecule has 2 rings (SSSR count). The van der Waals surface area contributed by atoms with E-state index in [0.717, 1.165) is 16.7 Å². The number of carboxylic acids is 1. The Morgan fingerprint density at radius 2 is 1.61 bits per heavy atom. The second kappa shape index (κ2) is 7.15. The number of rotatable bonds is 6. The van der Waals surface area contributed by atoms with Gasteiger partial charge < -0.3 is 20.3 Å². The molecule has 5 heteroatoms. The lowest BCUT2D eigenvalue weighted by Gasteiger charge is -2.21. The van der Waals surface area contributed by atoms with Crippen LogP contribution in [-0.4, -0.2) is 31.3 Å². The minimum atomic E-state index is -1.04. The molecule has 0 amide bonds. The first kappa shape index (κ1) is 16.8. The molecule has 2 aromatic carbocycles. The molecule has 0 heterocycles. The normalized spacial score (nSPS) is 13.2. The predicted molar refractivity (Wildman–Crippen MR) is 89.0 cm³/mol. The van der Waals surface area contributed by atoms with Crippen LogP contribution in [0, 0.1) is 0 Å². The zero-order valence-electron chi connectivity index (χ0n) is 13.4. The molecular formula is C18H21NO4. The summed E-state index contributed by atoms with van der Waals surface area (Å²) in [6, 6.07) is 12.4. The molecule has 0 saturated carbocycles. The monoisotopic (exact) mass is 315 g/mol. The van der Waals surface area contributed by atoms with Crippen LogP contribution < -0.4 is 15.2 Å². The zero-order chi connectivity index (χ0) is 17.0. The Labute approximate surface area is 135 Å². The Kier molecular flexibility index (Phi) is 5.24. The standard InChI is InChI=1S/C18H21NO4/c1-11(17(19)18(20)21)13-9-14(22-2)16(15(10-13)23-3)12-7-5-4-6-8-12/h4-11,17H,19H2,1-3H3,(H,20,21)/t11?,17-/m0/s1. The molecule has 2 atom stereocenters. The molecule has 1 unspecified atom stereocenters. The van der Waals surface area contributed by atoms with Gasteiger partial charge in [0.25, 0.3) is 0 Å². The highest BCUT2D eigenvalue weighted by molar-refractivity contribution is 5.79. The first-order chi connectivity index (χ1) is 11.0. The van der Waals surface area contributed by atoms with E-state index in [0.29, 0.717) is 11.5 Å². The van der Waals surface area contributed by atoms with Crippen molar-refractivity contribution in [1.29, 1.82) is 0 Å². The number of hydrogen-bond donors (Lipinski definition) is 2. The fourth-order valence-electron chi connectivity index (χ4n) is 2.51. The van der Waals surface area contributed by atoms with Crippen LogP contribution in [-0.2, 0) is 4.79 Å². The third-order valence-electron chi connectivity index (χ3n) is 3.94. The third-order valence-corrected chi connectivity index (χ3v) is 3.94. The summed E-state index contributed by atoms with van der Waals surface area (Å²) >= 11 is 0. The fourth-order valence-corrected chi connectivity index (χ4v) is 2.51. The topological polar surface area (TPSA) is 81.8 Å². The molecule has 23 heavy (non-hydrogen) atoms. The number of benzene rings is 2. The van der Waals surface area contributed by atoms with Gasteiger partial charge in [-0.2, -0.15) is 0 Å². The van der Waals surface area contributed by atoms with Gasteiger partial charge in [-0.3, -0.25) is 4.79 Å². The largest absolute Gasteiger partial charge is 0.496 e. The number of hydrogen-bond acceptors (Lipinski definition) is 4. The van der Waals surface area contributed by atoms with Gasteiger partial charge in [-0.25, -0.2) is 0 Å². The van der Waals surface area contributed by atoms with Crippen LogP contribution in [0.2, 0.25) is 0 Å². The van der Waals surface area contributed by atoms with Crippen LogP contribution in [0.25, 0.3) is 11.1 Å². The highest BCUT2D eigenvalue weighted by atomic mass is 16.5. The van der Waals surface area contributed by atoms with Crippen molar-refractivity contribution < 1.29 is 19.4 Å². The second-order valence-corrected chi connectivity index (χ2v) is 5.32. The Morgan fingerprint density at radius 1 is 1.09 bits per heavy atom. The number of carbonyl (C=O) groups is 1. The van der Waals surface area contributed by atoms with E-state index in [9.17, 15) is 4.79 Å². The van der Waals surface area contributed by atoms with Crippen LogP contribution in [0.4, 0.5) is 0 Å². The first-order valence-corrected chi connectivity index (χ1v) is 7.29. The number of carboxylic acid groups (broad SMARTS) is 1. The Morgan fingerprint density at radius 3 is 2.04 bits per heavy atom. The summed E-state index contributed by atoms with van der Waals surface area (Å²) in [6.45, 7) is 1.77. The van der Waals surface area contributed by atoms with Gasteiger partial charge in [0.05, 0.1) is 19.8 Å². The van der Waals surface area contributed by atoms with Gasteiger partial charge in [-0.15, -0.1) is 0 Å². The summed E-state index contributed by atoms with van der Waals surface area (Å²) < 4.78 is 11.0. The number of nitrogens with two attached hydrogens (primary N) is 1. The molecule has 2 aromatic rings. The molecule has 0 bridgehead atoms. The number of methoxy groups -OCH3 is 2. The molecule has 0 saturated heterocycles.